The number of imidazole rings is 1. The lowest BCUT2D eigenvalue weighted by Gasteiger charge is -2.28. The molecule has 1 saturated heterocycles. The van der Waals surface area contributed by atoms with Crippen molar-refractivity contribution in [3.63, 3.8) is 0 Å². The zero-order valence-electron chi connectivity index (χ0n) is 19.5. The van der Waals surface area contributed by atoms with Crippen LogP contribution in [-0.2, 0) is 0 Å². The van der Waals surface area contributed by atoms with Crippen molar-refractivity contribution >= 4 is 28.3 Å². The average molecular weight is 493 g/mol. The molecule has 0 bridgehead atoms. The molecule has 1 unspecified atom stereocenters. The number of halogens is 3. The third-order valence-electron chi connectivity index (χ3n) is 7.54. The summed E-state index contributed by atoms with van der Waals surface area (Å²) in [6.07, 6.45) is 3.34. The molecule has 1 amide bonds. The van der Waals surface area contributed by atoms with Gasteiger partial charge in [-0.15, -0.1) is 0 Å². The van der Waals surface area contributed by atoms with Gasteiger partial charge in [0, 0.05) is 41.2 Å². The smallest absolute Gasteiger partial charge is 0.280 e. The molecule has 1 saturated carbocycles. The highest BCUT2D eigenvalue weighted by atomic mass is 19.3. The van der Waals surface area contributed by atoms with Crippen LogP contribution in [0.15, 0.2) is 42.7 Å². The number of carbonyl (C=O) groups excluding carboxylic acids is 1. The average Bonchev–Trinajstić information content (AvgIpc) is 3.18. The van der Waals surface area contributed by atoms with Gasteiger partial charge in [-0.05, 0) is 50.1 Å². The third kappa shape index (κ3) is 3.16. The first-order valence-electron chi connectivity index (χ1n) is 12.1. The molecular weight excluding hydrogens is 469 g/mol. The SMILES string of the molecule is Cc1c2c(nn1C1CC1)C(=O)N(c1ccc3nc[nH]c3c1)C2c1ccc(N2CCC(F)(F)C2)cc1F. The van der Waals surface area contributed by atoms with Crippen molar-refractivity contribution in [2.24, 2.45) is 0 Å². The lowest BCUT2D eigenvalue weighted by Crippen LogP contribution is -2.30. The number of amides is 1. The quantitative estimate of drug-likeness (QED) is 0.429. The van der Waals surface area contributed by atoms with E-state index in [1.54, 1.807) is 29.4 Å². The molecule has 0 radical (unpaired) electrons. The van der Waals surface area contributed by atoms with Crippen molar-refractivity contribution in [1.29, 1.82) is 0 Å². The van der Waals surface area contributed by atoms with Crippen LogP contribution in [0.3, 0.4) is 0 Å². The number of H-pyrrole nitrogens is 1. The number of hydrogen-bond acceptors (Lipinski definition) is 4. The van der Waals surface area contributed by atoms with Crippen molar-refractivity contribution < 1.29 is 18.0 Å². The Bertz CT molecular complexity index is 1540. The van der Waals surface area contributed by atoms with Gasteiger partial charge >= 0.3 is 0 Å². The molecule has 10 heteroatoms. The molecule has 1 aliphatic carbocycles. The van der Waals surface area contributed by atoms with Gasteiger partial charge in [-0.1, -0.05) is 6.07 Å². The minimum Gasteiger partial charge on any atom is -0.365 e. The van der Waals surface area contributed by atoms with Gasteiger partial charge in [-0.3, -0.25) is 14.4 Å². The van der Waals surface area contributed by atoms with Gasteiger partial charge in [0.1, 0.15) is 5.82 Å². The molecule has 36 heavy (non-hydrogen) atoms. The topological polar surface area (TPSA) is 70.0 Å². The Morgan fingerprint density at radius 1 is 1.11 bits per heavy atom. The highest BCUT2D eigenvalue weighted by Gasteiger charge is 2.46. The molecule has 184 valence electrons. The van der Waals surface area contributed by atoms with Gasteiger partial charge in [-0.2, -0.15) is 5.10 Å². The number of aromatic nitrogens is 4. The summed E-state index contributed by atoms with van der Waals surface area (Å²) in [6, 6.07) is 9.55. The van der Waals surface area contributed by atoms with Crippen LogP contribution in [0.25, 0.3) is 11.0 Å². The van der Waals surface area contributed by atoms with Gasteiger partial charge in [0.25, 0.3) is 11.8 Å². The Kier molecular flexibility index (Phi) is 4.38. The first kappa shape index (κ1) is 21.5. The number of carbonyl (C=O) groups is 1. The third-order valence-corrected chi connectivity index (χ3v) is 7.54. The number of hydrogen-bond donors (Lipinski definition) is 1. The summed E-state index contributed by atoms with van der Waals surface area (Å²) in [5.74, 6) is -3.61. The lowest BCUT2D eigenvalue weighted by atomic mass is 9.97. The largest absolute Gasteiger partial charge is 0.365 e. The van der Waals surface area contributed by atoms with Gasteiger partial charge in [0.05, 0.1) is 36.0 Å². The first-order chi connectivity index (χ1) is 17.3. The predicted octanol–water partition coefficient (Wildman–Crippen LogP) is 5.14. The fourth-order valence-electron chi connectivity index (χ4n) is 5.58. The van der Waals surface area contributed by atoms with E-state index < -0.39 is 24.3 Å². The van der Waals surface area contributed by atoms with E-state index in [1.165, 1.54) is 11.0 Å². The second-order valence-electron chi connectivity index (χ2n) is 9.94. The van der Waals surface area contributed by atoms with Crippen molar-refractivity contribution in [3.05, 3.63) is 71.1 Å². The maximum Gasteiger partial charge on any atom is 0.280 e. The van der Waals surface area contributed by atoms with Crippen molar-refractivity contribution in [3.8, 4) is 0 Å². The normalized spacial score (nSPS) is 21.1. The molecule has 0 spiro atoms. The van der Waals surface area contributed by atoms with Crippen molar-refractivity contribution in [2.75, 3.05) is 22.9 Å². The van der Waals surface area contributed by atoms with Gasteiger partial charge in [0.15, 0.2) is 5.69 Å². The predicted molar refractivity (Wildman–Crippen MR) is 128 cm³/mol. The maximum atomic E-state index is 15.8. The van der Waals surface area contributed by atoms with Crippen LogP contribution in [0, 0.1) is 12.7 Å². The van der Waals surface area contributed by atoms with Gasteiger partial charge in [-0.25, -0.2) is 18.2 Å². The number of fused-ring (bicyclic) bond motifs is 2. The van der Waals surface area contributed by atoms with Crippen LogP contribution in [0.4, 0.5) is 24.5 Å². The monoisotopic (exact) mass is 492 g/mol. The molecule has 3 aliphatic rings. The molecule has 1 atom stereocenters. The van der Waals surface area contributed by atoms with Gasteiger partial charge < -0.3 is 9.88 Å². The van der Waals surface area contributed by atoms with Crippen LogP contribution in [-0.4, -0.2) is 44.7 Å². The zero-order chi connectivity index (χ0) is 24.8. The highest BCUT2D eigenvalue weighted by molar-refractivity contribution is 6.11. The van der Waals surface area contributed by atoms with Gasteiger partial charge in [0.2, 0.25) is 0 Å². The highest BCUT2D eigenvalue weighted by Crippen LogP contribution is 2.47. The Morgan fingerprint density at radius 3 is 2.64 bits per heavy atom. The fraction of sp³-hybridized carbons (Fsp3) is 0.346. The van der Waals surface area contributed by atoms with Crippen LogP contribution in [0.2, 0.25) is 0 Å². The molecule has 2 aliphatic heterocycles. The molecule has 7 rings (SSSR count). The summed E-state index contributed by atoms with van der Waals surface area (Å²) >= 11 is 0. The summed E-state index contributed by atoms with van der Waals surface area (Å²) in [6.45, 7) is 1.66. The van der Waals surface area contributed by atoms with Crippen LogP contribution < -0.4 is 9.80 Å². The van der Waals surface area contributed by atoms with E-state index in [0.717, 1.165) is 29.6 Å². The Labute approximate surface area is 204 Å². The molecule has 7 nitrogen and oxygen atoms in total. The lowest BCUT2D eigenvalue weighted by molar-refractivity contribution is 0.0257. The number of anilines is 2. The molecule has 2 aromatic carbocycles. The number of benzene rings is 2. The number of rotatable bonds is 4. The minimum atomic E-state index is -2.78. The van der Waals surface area contributed by atoms with Crippen LogP contribution in [0.1, 0.15) is 58.7 Å². The summed E-state index contributed by atoms with van der Waals surface area (Å²) in [4.78, 5) is 24.1. The molecule has 4 aromatic rings. The van der Waals surface area contributed by atoms with Crippen LogP contribution >= 0.6 is 0 Å². The Hall–Kier alpha value is -3.82. The van der Waals surface area contributed by atoms with E-state index in [0.29, 0.717) is 28.2 Å². The summed E-state index contributed by atoms with van der Waals surface area (Å²) < 4.78 is 45.2. The molecular formula is C26H23F3N6O. The maximum absolute atomic E-state index is 15.8. The number of nitrogens with one attached hydrogen (secondary N) is 1. The van der Waals surface area contributed by atoms with E-state index in [1.807, 2.05) is 23.7 Å². The second-order valence-corrected chi connectivity index (χ2v) is 9.94. The first-order valence-corrected chi connectivity index (χ1v) is 12.1. The number of nitrogens with zero attached hydrogens (tertiary/aromatic N) is 5. The second kappa shape index (κ2) is 7.35. The van der Waals surface area contributed by atoms with E-state index in [9.17, 15) is 13.6 Å². The van der Waals surface area contributed by atoms with Crippen molar-refractivity contribution in [1.82, 2.24) is 19.7 Å². The zero-order valence-corrected chi connectivity index (χ0v) is 19.5. The molecule has 4 heterocycles. The minimum absolute atomic E-state index is 0.168. The van der Waals surface area contributed by atoms with E-state index in [-0.39, 0.29) is 24.9 Å². The van der Waals surface area contributed by atoms with Crippen molar-refractivity contribution in [2.45, 2.75) is 44.2 Å². The van der Waals surface area contributed by atoms with Crippen LogP contribution in [0.5, 0.6) is 0 Å². The summed E-state index contributed by atoms with van der Waals surface area (Å²) in [5, 5.41) is 4.65. The summed E-state index contributed by atoms with van der Waals surface area (Å²) in [5.41, 5.74) is 4.70. The van der Waals surface area contributed by atoms with E-state index >= 15 is 4.39 Å². The molecule has 1 N–H and O–H groups in total. The van der Waals surface area contributed by atoms with E-state index in [4.69, 9.17) is 0 Å². The van der Waals surface area contributed by atoms with E-state index in [2.05, 4.69) is 15.1 Å². The Morgan fingerprint density at radius 2 is 1.92 bits per heavy atom. The fourth-order valence-corrected chi connectivity index (χ4v) is 5.58. The molecule has 2 aromatic heterocycles. The molecule has 2 fully saturated rings. The Balaban J connectivity index is 1.35. The number of alkyl halides is 2. The number of aromatic amines is 1. The standard InChI is InChI=1S/C26H23F3N6O/c1-14-22-23(32-35(14)15-2-3-15)25(36)34(17-5-7-20-21(11-17)31-13-30-20)24(22)18-6-4-16(10-19(18)27)33-9-8-26(28,29)12-33/h4-7,10-11,13,15,24H,2-3,8-9,12H2,1H3,(H,30,31). The summed E-state index contributed by atoms with van der Waals surface area (Å²) in [7, 11) is 0.